The molecule has 0 atom stereocenters. The van der Waals surface area contributed by atoms with Gasteiger partial charge in [-0.3, -0.25) is 4.79 Å². The quantitative estimate of drug-likeness (QED) is 0.469. The fourth-order valence-corrected chi connectivity index (χ4v) is 2.81. The normalized spacial score (nSPS) is 10.8. The molecule has 0 radical (unpaired) electrons. The number of carbonyl (C=O) groups excluding carboxylic acids is 1. The Morgan fingerprint density at radius 2 is 1.96 bits per heavy atom. The molecular formula is C19H18Br2N2O3. The molecule has 2 aromatic carbocycles. The van der Waals surface area contributed by atoms with Crippen LogP contribution in [0.15, 0.2) is 57.1 Å². The summed E-state index contributed by atoms with van der Waals surface area (Å²) in [4.78, 5) is 16.9. The van der Waals surface area contributed by atoms with Gasteiger partial charge in [0, 0.05) is 12.6 Å². The van der Waals surface area contributed by atoms with Crippen LogP contribution in [-0.2, 0) is 16.2 Å². The molecule has 26 heavy (non-hydrogen) atoms. The van der Waals surface area contributed by atoms with E-state index in [0.29, 0.717) is 12.2 Å². The van der Waals surface area contributed by atoms with Crippen molar-refractivity contribution < 1.29 is 14.4 Å². The molecule has 1 amide bonds. The molecule has 0 aliphatic carbocycles. The lowest BCUT2D eigenvalue weighted by atomic mass is 10.0. The number of nitrogens with zero attached hydrogens (tertiary/aromatic N) is 1. The molecule has 0 heterocycles. The van der Waals surface area contributed by atoms with E-state index in [1.807, 2.05) is 54.6 Å². The highest BCUT2D eigenvalue weighted by Crippen LogP contribution is 2.22. The van der Waals surface area contributed by atoms with E-state index in [1.54, 1.807) is 7.05 Å². The average molecular weight is 482 g/mol. The summed E-state index contributed by atoms with van der Waals surface area (Å²) in [6.07, 6.45) is 1.93. The van der Waals surface area contributed by atoms with E-state index in [2.05, 4.69) is 42.3 Å². The number of ether oxygens (including phenoxy) is 1. The molecule has 0 spiro atoms. The van der Waals surface area contributed by atoms with Gasteiger partial charge in [0.15, 0.2) is 5.71 Å². The standard InChI is InChI=1S/C19H18Br2N2O3/c1-22-19(24)18(23-25-2)16-9-4-3-7-14(16)12-26-15-8-5-6-13(10-15)11-17(20)21/h3-11H,12H2,1-2H3,(H,22,24)/b23-18+. The van der Waals surface area contributed by atoms with Crippen LogP contribution in [0, 0.1) is 0 Å². The second-order valence-corrected chi connectivity index (χ2v) is 7.93. The zero-order valence-electron chi connectivity index (χ0n) is 14.3. The van der Waals surface area contributed by atoms with Crippen LogP contribution in [0.2, 0.25) is 0 Å². The number of rotatable bonds is 7. The summed E-state index contributed by atoms with van der Waals surface area (Å²) < 4.78 is 6.76. The monoisotopic (exact) mass is 480 g/mol. The highest BCUT2D eigenvalue weighted by atomic mass is 79.9. The molecule has 0 aliphatic heterocycles. The molecule has 7 heteroatoms. The summed E-state index contributed by atoms with van der Waals surface area (Å²) >= 11 is 6.69. The van der Waals surface area contributed by atoms with Gasteiger partial charge in [-0.25, -0.2) is 0 Å². The Bertz CT molecular complexity index is 831. The summed E-state index contributed by atoms with van der Waals surface area (Å²) in [6.45, 7) is 0.290. The second-order valence-electron chi connectivity index (χ2n) is 5.15. The minimum absolute atomic E-state index is 0.203. The number of hydrogen-bond donors (Lipinski definition) is 1. The molecule has 2 rings (SSSR count). The van der Waals surface area contributed by atoms with Gasteiger partial charge in [0.2, 0.25) is 0 Å². The van der Waals surface area contributed by atoms with Gasteiger partial charge in [-0.2, -0.15) is 0 Å². The van der Waals surface area contributed by atoms with Crippen LogP contribution in [0.25, 0.3) is 6.08 Å². The van der Waals surface area contributed by atoms with Crippen molar-refractivity contribution in [3.8, 4) is 5.75 Å². The Kier molecular flexibility index (Phi) is 7.87. The summed E-state index contributed by atoms with van der Waals surface area (Å²) in [5.74, 6) is 0.397. The lowest BCUT2D eigenvalue weighted by Gasteiger charge is -2.12. The van der Waals surface area contributed by atoms with Crippen molar-refractivity contribution >= 4 is 49.6 Å². The Hall–Kier alpha value is -2.12. The van der Waals surface area contributed by atoms with Crippen molar-refractivity contribution in [1.29, 1.82) is 0 Å². The number of amides is 1. The SMILES string of the molecule is CNC(=O)/C(=N/OC)c1ccccc1COc1cccc(C=C(Br)Br)c1. The van der Waals surface area contributed by atoms with E-state index >= 15 is 0 Å². The van der Waals surface area contributed by atoms with Crippen molar-refractivity contribution in [2.45, 2.75) is 6.61 Å². The number of halogens is 2. The van der Waals surface area contributed by atoms with Crippen LogP contribution in [0.3, 0.4) is 0 Å². The predicted molar refractivity (Wildman–Crippen MR) is 111 cm³/mol. The van der Waals surface area contributed by atoms with E-state index in [1.165, 1.54) is 7.11 Å². The topological polar surface area (TPSA) is 59.9 Å². The molecule has 0 aromatic heterocycles. The van der Waals surface area contributed by atoms with Crippen molar-refractivity contribution in [1.82, 2.24) is 5.32 Å². The average Bonchev–Trinajstić information content (AvgIpc) is 2.64. The number of benzene rings is 2. The first-order valence-corrected chi connectivity index (χ1v) is 9.30. The van der Waals surface area contributed by atoms with Gasteiger partial charge in [0.1, 0.15) is 19.5 Å². The fraction of sp³-hybridized carbons (Fsp3) is 0.158. The zero-order chi connectivity index (χ0) is 18.9. The van der Waals surface area contributed by atoms with E-state index in [9.17, 15) is 4.79 Å². The first-order valence-electron chi connectivity index (χ1n) is 7.72. The minimum Gasteiger partial charge on any atom is -0.489 e. The van der Waals surface area contributed by atoms with Crippen molar-refractivity contribution in [3.63, 3.8) is 0 Å². The fourth-order valence-electron chi connectivity index (χ4n) is 2.28. The van der Waals surface area contributed by atoms with Crippen molar-refractivity contribution in [2.24, 2.45) is 5.16 Å². The molecule has 0 aliphatic rings. The highest BCUT2D eigenvalue weighted by Gasteiger charge is 2.17. The molecule has 1 N–H and O–H groups in total. The molecule has 0 saturated carbocycles. The van der Waals surface area contributed by atoms with Gasteiger partial charge in [-0.1, -0.05) is 41.6 Å². The van der Waals surface area contributed by atoms with E-state index in [4.69, 9.17) is 9.57 Å². The number of carbonyl (C=O) groups is 1. The highest BCUT2D eigenvalue weighted by molar-refractivity contribution is 9.28. The molecule has 5 nitrogen and oxygen atoms in total. The number of likely N-dealkylation sites (N-methyl/N-ethyl adjacent to an activating group) is 1. The van der Waals surface area contributed by atoms with Crippen LogP contribution in [-0.4, -0.2) is 25.8 Å². The van der Waals surface area contributed by atoms with Crippen LogP contribution in [0.4, 0.5) is 0 Å². The molecule has 0 fully saturated rings. The third-order valence-corrected chi connectivity index (χ3v) is 3.88. The zero-order valence-corrected chi connectivity index (χ0v) is 17.5. The number of nitrogens with one attached hydrogen (secondary N) is 1. The number of hydrogen-bond acceptors (Lipinski definition) is 4. The molecule has 2 aromatic rings. The third-order valence-electron chi connectivity index (χ3n) is 3.43. The lowest BCUT2D eigenvalue weighted by molar-refractivity contribution is -0.114. The maximum Gasteiger partial charge on any atom is 0.273 e. The molecular weight excluding hydrogens is 464 g/mol. The maximum atomic E-state index is 12.1. The smallest absolute Gasteiger partial charge is 0.273 e. The van der Waals surface area contributed by atoms with Gasteiger partial charge in [-0.15, -0.1) is 0 Å². The Labute approximate surface area is 169 Å². The van der Waals surface area contributed by atoms with Crippen molar-refractivity contribution in [2.75, 3.05) is 14.2 Å². The summed E-state index contributed by atoms with van der Waals surface area (Å²) in [5, 5.41) is 6.43. The van der Waals surface area contributed by atoms with Crippen LogP contribution < -0.4 is 10.1 Å². The minimum atomic E-state index is -0.325. The van der Waals surface area contributed by atoms with E-state index in [0.717, 1.165) is 20.3 Å². The van der Waals surface area contributed by atoms with Crippen LogP contribution in [0.5, 0.6) is 5.75 Å². The van der Waals surface area contributed by atoms with Gasteiger partial charge < -0.3 is 14.9 Å². The maximum absolute atomic E-state index is 12.1. The van der Waals surface area contributed by atoms with E-state index in [-0.39, 0.29) is 11.6 Å². The van der Waals surface area contributed by atoms with E-state index < -0.39 is 0 Å². The number of oxime groups is 1. The van der Waals surface area contributed by atoms with Gasteiger partial charge in [0.25, 0.3) is 5.91 Å². The largest absolute Gasteiger partial charge is 0.489 e. The molecule has 0 bridgehead atoms. The summed E-state index contributed by atoms with van der Waals surface area (Å²) in [6, 6.07) is 15.1. The molecule has 0 unspecified atom stereocenters. The lowest BCUT2D eigenvalue weighted by Crippen LogP contribution is -2.29. The second kappa shape index (κ2) is 10.1. The summed E-state index contributed by atoms with van der Waals surface area (Å²) in [5.41, 5.74) is 2.68. The van der Waals surface area contributed by atoms with Crippen LogP contribution >= 0.6 is 31.9 Å². The first kappa shape index (κ1) is 20.2. The Morgan fingerprint density at radius 3 is 2.65 bits per heavy atom. The van der Waals surface area contributed by atoms with Gasteiger partial charge in [-0.05, 0) is 61.2 Å². The van der Waals surface area contributed by atoms with Gasteiger partial charge in [0.05, 0.1) is 3.39 Å². The summed E-state index contributed by atoms with van der Waals surface area (Å²) in [7, 11) is 2.96. The third kappa shape index (κ3) is 5.71. The van der Waals surface area contributed by atoms with Gasteiger partial charge >= 0.3 is 0 Å². The Balaban J connectivity index is 2.25. The predicted octanol–water partition coefficient (Wildman–Crippen LogP) is 4.45. The molecule has 0 saturated heterocycles. The van der Waals surface area contributed by atoms with Crippen LogP contribution in [0.1, 0.15) is 16.7 Å². The van der Waals surface area contributed by atoms with Crippen molar-refractivity contribution in [3.05, 3.63) is 68.6 Å². The molecule has 136 valence electrons. The first-order chi connectivity index (χ1) is 12.5. The Morgan fingerprint density at radius 1 is 1.19 bits per heavy atom.